The molecule has 0 amide bonds. The molecule has 4 heterocycles. The van der Waals surface area contributed by atoms with Gasteiger partial charge in [-0.15, -0.1) is 0 Å². The van der Waals surface area contributed by atoms with Gasteiger partial charge in [0.15, 0.2) is 8.07 Å². The molecule has 0 bridgehead atoms. The number of rotatable bonds is 3. The lowest BCUT2D eigenvalue weighted by atomic mass is 9.32. The van der Waals surface area contributed by atoms with E-state index in [4.69, 9.17) is 0 Å². The number of hydrogen-bond donors (Lipinski definition) is 0. The standard InChI is InChI=1S/C63H54BN3Si/c1-62(2,3)43-31-35-46(36-32-43)65-50-23-12-11-22-49(50)64-60-48-41-42-19-10-15-28-56(42)68(58-29-16-13-24-51(58)66(45-20-8-7-9-21-45)52-25-14-17-30-59(52)68)57(48)40-39-55(60)67(54-27-18-26-53(65)61(54)64)47-37-33-44(34-38-47)63(4,5)6/h7-40H,41H2,1-6H3. The fraction of sp³-hybridized carbons (Fsp3) is 0.143. The molecule has 0 unspecified atom stereocenters. The summed E-state index contributed by atoms with van der Waals surface area (Å²) in [6, 6.07) is 79.3. The molecule has 0 saturated carbocycles. The minimum atomic E-state index is -3.00. The van der Waals surface area contributed by atoms with Gasteiger partial charge < -0.3 is 14.7 Å². The van der Waals surface area contributed by atoms with Gasteiger partial charge in [0.2, 0.25) is 0 Å². The van der Waals surface area contributed by atoms with Gasteiger partial charge >= 0.3 is 0 Å². The zero-order valence-corrected chi connectivity index (χ0v) is 40.8. The minimum absolute atomic E-state index is 0.00348. The topological polar surface area (TPSA) is 9.72 Å². The second kappa shape index (κ2) is 14.8. The van der Waals surface area contributed by atoms with E-state index in [2.05, 4.69) is 262 Å². The minimum Gasteiger partial charge on any atom is -0.311 e. The second-order valence-corrected chi connectivity index (χ2v) is 24.9. The van der Waals surface area contributed by atoms with Crippen molar-refractivity contribution < 1.29 is 0 Å². The highest BCUT2D eigenvalue weighted by Gasteiger charge is 2.54. The molecule has 0 aliphatic carbocycles. The van der Waals surface area contributed by atoms with Crippen LogP contribution in [0.2, 0.25) is 0 Å². The van der Waals surface area contributed by atoms with Crippen LogP contribution < -0.4 is 51.8 Å². The monoisotopic (exact) mass is 891 g/mol. The van der Waals surface area contributed by atoms with E-state index < -0.39 is 8.07 Å². The van der Waals surface area contributed by atoms with E-state index >= 15 is 0 Å². The fourth-order valence-corrected chi connectivity index (χ4v) is 18.0. The van der Waals surface area contributed by atoms with E-state index in [0.717, 1.165) is 6.42 Å². The molecule has 0 aromatic heterocycles. The first-order valence-electron chi connectivity index (χ1n) is 24.4. The smallest absolute Gasteiger partial charge is 0.252 e. The highest BCUT2D eigenvalue weighted by atomic mass is 28.3. The summed E-state index contributed by atoms with van der Waals surface area (Å²) in [4.78, 5) is 7.65. The highest BCUT2D eigenvalue weighted by Crippen LogP contribution is 2.46. The van der Waals surface area contributed by atoms with Crippen LogP contribution in [-0.4, -0.2) is 14.8 Å². The third-order valence-corrected chi connectivity index (χ3v) is 20.5. The summed E-state index contributed by atoms with van der Waals surface area (Å²) >= 11 is 0. The van der Waals surface area contributed by atoms with Gasteiger partial charge in [-0.1, -0.05) is 175 Å². The molecule has 0 N–H and O–H groups in total. The van der Waals surface area contributed by atoms with Crippen molar-refractivity contribution >= 4 is 103 Å². The maximum Gasteiger partial charge on any atom is 0.252 e. The Kier molecular flexibility index (Phi) is 8.92. The molecule has 1 spiro atoms. The first-order valence-corrected chi connectivity index (χ1v) is 26.4. The molecule has 0 radical (unpaired) electrons. The van der Waals surface area contributed by atoms with Crippen molar-refractivity contribution in [3.8, 4) is 0 Å². The second-order valence-electron chi connectivity index (χ2n) is 21.3. The van der Waals surface area contributed by atoms with Crippen molar-refractivity contribution in [1.82, 2.24) is 0 Å². The van der Waals surface area contributed by atoms with E-state index in [1.807, 2.05) is 0 Å². The van der Waals surface area contributed by atoms with Crippen LogP contribution in [-0.2, 0) is 17.3 Å². The Hall–Kier alpha value is -7.34. The van der Waals surface area contributed by atoms with Gasteiger partial charge in [-0.2, -0.15) is 0 Å². The van der Waals surface area contributed by atoms with Gasteiger partial charge in [0.1, 0.15) is 0 Å². The number of nitrogens with zero attached hydrogens (tertiary/aromatic N) is 3. The molecule has 4 aliphatic rings. The number of benzene rings is 9. The van der Waals surface area contributed by atoms with Gasteiger partial charge in [0.25, 0.3) is 6.71 Å². The third-order valence-electron chi connectivity index (χ3n) is 15.5. The Labute approximate surface area is 403 Å². The highest BCUT2D eigenvalue weighted by molar-refractivity contribution is 7.22. The first kappa shape index (κ1) is 40.9. The predicted molar refractivity (Wildman–Crippen MR) is 293 cm³/mol. The summed E-state index contributed by atoms with van der Waals surface area (Å²) < 4.78 is 0. The van der Waals surface area contributed by atoms with Gasteiger partial charge in [-0.3, -0.25) is 0 Å². The molecule has 5 heteroatoms. The van der Waals surface area contributed by atoms with Crippen LogP contribution in [0.25, 0.3) is 0 Å². The molecule has 9 aromatic rings. The normalized spacial score (nSPS) is 14.9. The Morgan fingerprint density at radius 2 is 0.794 bits per heavy atom. The molecule has 3 nitrogen and oxygen atoms in total. The van der Waals surface area contributed by atoms with Crippen LogP contribution in [0.1, 0.15) is 63.8 Å². The summed E-state index contributed by atoms with van der Waals surface area (Å²) in [6.07, 6.45) is 0.862. The van der Waals surface area contributed by atoms with Gasteiger partial charge in [-0.25, -0.2) is 0 Å². The average Bonchev–Trinajstić information content (AvgIpc) is 3.36. The van der Waals surface area contributed by atoms with Crippen LogP contribution in [0.5, 0.6) is 0 Å². The van der Waals surface area contributed by atoms with Crippen molar-refractivity contribution in [3.63, 3.8) is 0 Å². The lowest BCUT2D eigenvalue weighted by Crippen LogP contribution is -2.80. The van der Waals surface area contributed by atoms with Crippen molar-refractivity contribution in [2.24, 2.45) is 0 Å². The average molecular weight is 892 g/mol. The lowest BCUT2D eigenvalue weighted by Gasteiger charge is -2.50. The van der Waals surface area contributed by atoms with Gasteiger partial charge in [-0.05, 0) is 149 Å². The molecule has 68 heavy (non-hydrogen) atoms. The molecule has 9 aromatic carbocycles. The molecule has 0 fully saturated rings. The van der Waals surface area contributed by atoms with E-state index in [0.29, 0.717) is 0 Å². The molecule has 4 aliphatic heterocycles. The quantitative estimate of drug-likeness (QED) is 0.164. The molecule has 0 saturated heterocycles. The van der Waals surface area contributed by atoms with Crippen LogP contribution >= 0.6 is 0 Å². The van der Waals surface area contributed by atoms with Crippen molar-refractivity contribution in [2.75, 3.05) is 14.7 Å². The van der Waals surface area contributed by atoms with E-state index in [9.17, 15) is 0 Å². The van der Waals surface area contributed by atoms with Crippen LogP contribution in [0.15, 0.2) is 206 Å². The number of anilines is 9. The summed E-state index contributed by atoms with van der Waals surface area (Å²) in [5.74, 6) is 0. The zero-order valence-electron chi connectivity index (χ0n) is 39.8. The Balaban J connectivity index is 1.13. The van der Waals surface area contributed by atoms with Crippen molar-refractivity contribution in [1.29, 1.82) is 0 Å². The summed E-state index contributed by atoms with van der Waals surface area (Å²) in [7, 11) is -3.00. The maximum atomic E-state index is 2.60. The number of fused-ring (bicyclic) bond motifs is 13. The zero-order chi connectivity index (χ0) is 46.1. The van der Waals surface area contributed by atoms with Crippen LogP contribution in [0, 0.1) is 0 Å². The van der Waals surface area contributed by atoms with E-state index in [-0.39, 0.29) is 17.5 Å². The van der Waals surface area contributed by atoms with E-state index in [1.54, 1.807) is 0 Å². The molecular weight excluding hydrogens is 838 g/mol. The Bertz CT molecular complexity index is 3410. The van der Waals surface area contributed by atoms with Gasteiger partial charge in [0, 0.05) is 51.2 Å². The molecular formula is C63H54BN3Si. The lowest BCUT2D eigenvalue weighted by molar-refractivity contribution is 0.590. The van der Waals surface area contributed by atoms with Crippen molar-refractivity contribution in [3.05, 3.63) is 229 Å². The van der Waals surface area contributed by atoms with Gasteiger partial charge in [0.05, 0.1) is 0 Å². The van der Waals surface area contributed by atoms with Crippen LogP contribution in [0.4, 0.5) is 51.2 Å². The third kappa shape index (κ3) is 5.78. The SMILES string of the molecule is CC(C)(C)c1ccc(N2c3ccccc3B3c4c2cccc4N(c2ccc(C(C)(C)C)cc2)c2ccc4c(c23)Cc2ccccc2[Si]42c3ccccc3N(c3ccccc3)c3ccccc32)cc1. The number of para-hydroxylation sites is 4. The summed E-state index contributed by atoms with van der Waals surface area (Å²) in [5.41, 5.74) is 20.9. The molecule has 328 valence electrons. The van der Waals surface area contributed by atoms with Crippen molar-refractivity contribution in [2.45, 2.75) is 58.8 Å². The predicted octanol–water partition coefficient (Wildman–Crippen LogP) is 11.4. The summed E-state index contributed by atoms with van der Waals surface area (Å²) in [5, 5.41) is 5.89. The summed E-state index contributed by atoms with van der Waals surface area (Å²) in [6.45, 7) is 13.8. The fourth-order valence-electron chi connectivity index (χ4n) is 12.4. The molecule has 13 rings (SSSR count). The maximum absolute atomic E-state index is 3.00. The number of hydrogen-bond acceptors (Lipinski definition) is 3. The van der Waals surface area contributed by atoms with E-state index in [1.165, 1.54) is 111 Å². The Morgan fingerprint density at radius 3 is 1.38 bits per heavy atom. The first-order chi connectivity index (χ1) is 33.0. The Morgan fingerprint density at radius 1 is 0.353 bits per heavy atom. The van der Waals surface area contributed by atoms with Crippen LogP contribution in [0.3, 0.4) is 0 Å². The molecule has 0 atom stereocenters. The largest absolute Gasteiger partial charge is 0.311 e.